The summed E-state index contributed by atoms with van der Waals surface area (Å²) >= 11 is 0. The number of hydrogen-bond acceptors (Lipinski definition) is 6. The maximum absolute atomic E-state index is 12.8. The molecular formula is C15H22N2O5S. The van der Waals surface area contributed by atoms with Gasteiger partial charge in [0.1, 0.15) is 11.3 Å². The Morgan fingerprint density at radius 1 is 1.35 bits per heavy atom. The van der Waals surface area contributed by atoms with Crippen molar-refractivity contribution in [1.29, 1.82) is 0 Å². The van der Waals surface area contributed by atoms with Crippen LogP contribution in [0.3, 0.4) is 0 Å². The summed E-state index contributed by atoms with van der Waals surface area (Å²) in [5, 5.41) is 3.12. The quantitative estimate of drug-likeness (QED) is 0.799. The summed E-state index contributed by atoms with van der Waals surface area (Å²) in [5.74, 6) is -0.390. The first-order valence-corrected chi connectivity index (χ1v) is 8.81. The topological polar surface area (TPSA) is 84.9 Å². The second kappa shape index (κ2) is 7.29. The second-order valence-electron chi connectivity index (χ2n) is 5.34. The van der Waals surface area contributed by atoms with Crippen LogP contribution in [0, 0.1) is 0 Å². The first-order chi connectivity index (χ1) is 10.9. The van der Waals surface area contributed by atoms with E-state index < -0.39 is 16.0 Å². The van der Waals surface area contributed by atoms with Crippen LogP contribution in [-0.2, 0) is 14.8 Å². The van der Waals surface area contributed by atoms with Gasteiger partial charge in [0, 0.05) is 25.2 Å². The molecule has 1 aromatic rings. The molecule has 1 aliphatic heterocycles. The molecule has 0 radical (unpaired) electrons. The van der Waals surface area contributed by atoms with Crippen LogP contribution in [-0.4, -0.2) is 59.1 Å². The van der Waals surface area contributed by atoms with Crippen molar-refractivity contribution < 1.29 is 22.7 Å². The lowest BCUT2D eigenvalue weighted by molar-refractivity contribution is 0.0597. The Morgan fingerprint density at radius 3 is 2.70 bits per heavy atom. The van der Waals surface area contributed by atoms with Gasteiger partial charge in [0.25, 0.3) is 0 Å². The molecule has 0 spiro atoms. The fourth-order valence-electron chi connectivity index (χ4n) is 2.66. The summed E-state index contributed by atoms with van der Waals surface area (Å²) in [6.45, 7) is 0.918. The summed E-state index contributed by atoms with van der Waals surface area (Å²) in [4.78, 5) is 11.8. The summed E-state index contributed by atoms with van der Waals surface area (Å²) in [6.07, 6.45) is 1.76. The van der Waals surface area contributed by atoms with Crippen LogP contribution in [0.5, 0.6) is 5.75 Å². The van der Waals surface area contributed by atoms with E-state index in [0.29, 0.717) is 13.1 Å². The van der Waals surface area contributed by atoms with Crippen molar-refractivity contribution in [2.75, 3.05) is 34.4 Å². The van der Waals surface area contributed by atoms with Crippen molar-refractivity contribution in [3.05, 3.63) is 23.8 Å². The van der Waals surface area contributed by atoms with Crippen molar-refractivity contribution in [3.8, 4) is 5.75 Å². The van der Waals surface area contributed by atoms with Crippen molar-refractivity contribution in [2.45, 2.75) is 23.8 Å². The Labute approximate surface area is 136 Å². The molecular weight excluding hydrogens is 320 g/mol. The van der Waals surface area contributed by atoms with Gasteiger partial charge in [0.05, 0.1) is 19.1 Å². The molecule has 1 fully saturated rings. The van der Waals surface area contributed by atoms with E-state index in [2.05, 4.69) is 10.1 Å². The highest BCUT2D eigenvalue weighted by molar-refractivity contribution is 7.89. The number of rotatable bonds is 5. The molecule has 1 saturated heterocycles. The summed E-state index contributed by atoms with van der Waals surface area (Å²) in [5.41, 5.74) is 0.195. The molecule has 1 aliphatic rings. The largest absolute Gasteiger partial charge is 0.496 e. The lowest BCUT2D eigenvalue weighted by Gasteiger charge is -2.31. The van der Waals surface area contributed by atoms with Crippen LogP contribution in [0.4, 0.5) is 0 Å². The second-order valence-corrected chi connectivity index (χ2v) is 7.28. The zero-order valence-corrected chi connectivity index (χ0v) is 14.4. The van der Waals surface area contributed by atoms with Crippen LogP contribution in [0.2, 0.25) is 0 Å². The third-order valence-electron chi connectivity index (χ3n) is 4.01. The number of nitrogens with zero attached hydrogens (tertiary/aromatic N) is 1. The van der Waals surface area contributed by atoms with Gasteiger partial charge < -0.3 is 14.8 Å². The molecule has 0 bridgehead atoms. The van der Waals surface area contributed by atoms with Gasteiger partial charge in [-0.1, -0.05) is 0 Å². The molecule has 1 aromatic carbocycles. The van der Waals surface area contributed by atoms with Gasteiger partial charge >= 0.3 is 5.97 Å². The number of carbonyl (C=O) groups excluding carboxylic acids is 1. The molecule has 1 atom stereocenters. The standard InChI is InChI=1S/C15H22N2O5S/c1-16-11-5-4-8-17(10-11)23(19,20)12-6-7-13(15(18)22-3)14(9-12)21-2/h6-7,9,11,16H,4-5,8,10H2,1-3H3. The van der Waals surface area contributed by atoms with Gasteiger partial charge in [0.2, 0.25) is 10.0 Å². The highest BCUT2D eigenvalue weighted by Crippen LogP contribution is 2.27. The zero-order valence-electron chi connectivity index (χ0n) is 13.5. The molecule has 8 heteroatoms. The molecule has 0 aliphatic carbocycles. The highest BCUT2D eigenvalue weighted by Gasteiger charge is 2.30. The van der Waals surface area contributed by atoms with E-state index >= 15 is 0 Å². The van der Waals surface area contributed by atoms with E-state index in [9.17, 15) is 13.2 Å². The Kier molecular flexibility index (Phi) is 5.61. The number of esters is 1. The third kappa shape index (κ3) is 3.65. The molecule has 2 rings (SSSR count). The Morgan fingerprint density at radius 2 is 2.09 bits per heavy atom. The third-order valence-corrected chi connectivity index (χ3v) is 5.87. The monoisotopic (exact) mass is 342 g/mol. The number of sulfonamides is 1. The van der Waals surface area contributed by atoms with Gasteiger partial charge in [-0.25, -0.2) is 13.2 Å². The highest BCUT2D eigenvalue weighted by atomic mass is 32.2. The number of hydrogen-bond donors (Lipinski definition) is 1. The fraction of sp³-hybridized carbons (Fsp3) is 0.533. The average molecular weight is 342 g/mol. The van der Waals surface area contributed by atoms with E-state index in [4.69, 9.17) is 4.74 Å². The van der Waals surface area contributed by atoms with Crippen molar-refractivity contribution in [3.63, 3.8) is 0 Å². The zero-order chi connectivity index (χ0) is 17.0. The van der Waals surface area contributed by atoms with Crippen LogP contribution >= 0.6 is 0 Å². The van der Waals surface area contributed by atoms with Crippen molar-refractivity contribution >= 4 is 16.0 Å². The maximum Gasteiger partial charge on any atom is 0.341 e. The van der Waals surface area contributed by atoms with Crippen LogP contribution in [0.1, 0.15) is 23.2 Å². The minimum atomic E-state index is -3.63. The molecule has 1 N–H and O–H groups in total. The first kappa shape index (κ1) is 17.7. The number of piperidine rings is 1. The van der Waals surface area contributed by atoms with Crippen LogP contribution in [0.25, 0.3) is 0 Å². The van der Waals surface area contributed by atoms with Gasteiger partial charge in [-0.3, -0.25) is 0 Å². The molecule has 0 saturated carbocycles. The lowest BCUT2D eigenvalue weighted by atomic mass is 10.1. The number of methoxy groups -OCH3 is 2. The van der Waals surface area contributed by atoms with Crippen LogP contribution < -0.4 is 10.1 Å². The first-order valence-electron chi connectivity index (χ1n) is 7.37. The summed E-state index contributed by atoms with van der Waals surface area (Å²) in [6, 6.07) is 4.34. The molecule has 1 unspecified atom stereocenters. The maximum atomic E-state index is 12.8. The minimum Gasteiger partial charge on any atom is -0.496 e. The number of ether oxygens (including phenoxy) is 2. The van der Waals surface area contributed by atoms with Crippen molar-refractivity contribution in [2.24, 2.45) is 0 Å². The number of nitrogens with one attached hydrogen (secondary N) is 1. The van der Waals surface area contributed by atoms with Gasteiger partial charge in [0.15, 0.2) is 0 Å². The SMILES string of the molecule is CNC1CCCN(S(=O)(=O)c2ccc(C(=O)OC)c(OC)c2)C1. The normalized spacial score (nSPS) is 19.3. The minimum absolute atomic E-state index is 0.110. The fourth-order valence-corrected chi connectivity index (χ4v) is 4.20. The number of likely N-dealkylation sites (N-methyl/N-ethyl adjacent to an activating group) is 1. The van der Waals surface area contributed by atoms with Gasteiger partial charge in [-0.15, -0.1) is 0 Å². The molecule has 23 heavy (non-hydrogen) atoms. The number of benzene rings is 1. The van der Waals surface area contributed by atoms with E-state index in [1.165, 1.54) is 36.7 Å². The summed E-state index contributed by atoms with van der Waals surface area (Å²) < 4.78 is 36.9. The van der Waals surface area contributed by atoms with E-state index in [0.717, 1.165) is 12.8 Å². The Hall–Kier alpha value is -1.64. The predicted octanol–water partition coefficient (Wildman–Crippen LogP) is 0.854. The van der Waals surface area contributed by atoms with Crippen molar-refractivity contribution in [1.82, 2.24) is 9.62 Å². The van der Waals surface area contributed by atoms with E-state index in [1.54, 1.807) is 0 Å². The lowest BCUT2D eigenvalue weighted by Crippen LogP contribution is -2.46. The number of carbonyl (C=O) groups is 1. The predicted molar refractivity (Wildman–Crippen MR) is 85.2 cm³/mol. The van der Waals surface area contributed by atoms with E-state index in [-0.39, 0.29) is 22.3 Å². The Balaban J connectivity index is 2.34. The van der Waals surface area contributed by atoms with Gasteiger partial charge in [-0.2, -0.15) is 4.31 Å². The van der Waals surface area contributed by atoms with E-state index in [1.807, 2.05) is 7.05 Å². The molecule has 1 heterocycles. The smallest absolute Gasteiger partial charge is 0.341 e. The molecule has 128 valence electrons. The van der Waals surface area contributed by atoms with Crippen LogP contribution in [0.15, 0.2) is 23.1 Å². The van der Waals surface area contributed by atoms with Gasteiger partial charge in [-0.05, 0) is 32.0 Å². The Bertz CT molecular complexity index is 674. The average Bonchev–Trinajstić information content (AvgIpc) is 2.60. The molecule has 7 nitrogen and oxygen atoms in total. The summed E-state index contributed by atoms with van der Waals surface area (Å²) in [7, 11) is 0.850. The molecule has 0 aromatic heterocycles. The molecule has 0 amide bonds.